The van der Waals surface area contributed by atoms with Crippen LogP contribution in [0.1, 0.15) is 13.3 Å². The lowest BCUT2D eigenvalue weighted by Gasteiger charge is -2.06. The first-order chi connectivity index (χ1) is 6.72. The maximum absolute atomic E-state index is 11.2. The molecule has 0 aromatic heterocycles. The van der Waals surface area contributed by atoms with E-state index >= 15 is 0 Å². The van der Waals surface area contributed by atoms with Gasteiger partial charge in [-0.25, -0.2) is 4.79 Å². The zero-order valence-electron chi connectivity index (χ0n) is 8.01. The first-order valence-corrected chi connectivity index (χ1v) is 5.60. The molecule has 0 saturated heterocycles. The number of anilines is 1. The highest BCUT2D eigenvalue weighted by Crippen LogP contribution is 2.10. The highest BCUT2D eigenvalue weighted by molar-refractivity contribution is 14.1. The predicted octanol–water partition coefficient (Wildman–Crippen LogP) is 2.82. The molecule has 0 atom stereocenters. The molecule has 3 nitrogen and oxygen atoms in total. The fourth-order valence-electron chi connectivity index (χ4n) is 0.947. The van der Waals surface area contributed by atoms with Crippen molar-refractivity contribution in [2.75, 3.05) is 11.9 Å². The number of nitrogens with one attached hydrogen (secondary N) is 2. The smallest absolute Gasteiger partial charge is 0.319 e. The molecule has 2 amide bonds. The van der Waals surface area contributed by atoms with Crippen LogP contribution in [0.4, 0.5) is 10.5 Å². The number of amides is 2. The van der Waals surface area contributed by atoms with E-state index in [1.165, 1.54) is 0 Å². The Kier molecular flexibility index (Phi) is 4.72. The maximum Gasteiger partial charge on any atom is 0.319 e. The van der Waals surface area contributed by atoms with Crippen molar-refractivity contribution in [3.63, 3.8) is 0 Å². The molecule has 0 spiro atoms. The van der Waals surface area contributed by atoms with Gasteiger partial charge in [-0.3, -0.25) is 0 Å². The molecule has 0 aliphatic rings. The van der Waals surface area contributed by atoms with E-state index in [2.05, 4.69) is 33.2 Å². The van der Waals surface area contributed by atoms with Gasteiger partial charge in [-0.05, 0) is 53.3 Å². The molecule has 0 aliphatic carbocycles. The number of rotatable bonds is 3. The van der Waals surface area contributed by atoms with Gasteiger partial charge in [0.1, 0.15) is 0 Å². The zero-order chi connectivity index (χ0) is 10.4. The molecule has 0 radical (unpaired) electrons. The van der Waals surface area contributed by atoms with Crippen molar-refractivity contribution in [2.24, 2.45) is 0 Å². The van der Waals surface area contributed by atoms with E-state index in [1.807, 2.05) is 31.2 Å². The summed E-state index contributed by atoms with van der Waals surface area (Å²) < 4.78 is 1.15. The van der Waals surface area contributed by atoms with Gasteiger partial charge < -0.3 is 10.6 Å². The van der Waals surface area contributed by atoms with Crippen molar-refractivity contribution < 1.29 is 4.79 Å². The highest BCUT2D eigenvalue weighted by atomic mass is 127. The Hall–Kier alpha value is -0.780. The summed E-state index contributed by atoms with van der Waals surface area (Å²) >= 11 is 2.22. The topological polar surface area (TPSA) is 41.1 Å². The Morgan fingerprint density at radius 2 is 2.00 bits per heavy atom. The Morgan fingerprint density at radius 3 is 2.57 bits per heavy atom. The van der Waals surface area contributed by atoms with Crippen LogP contribution < -0.4 is 10.6 Å². The predicted molar refractivity (Wildman–Crippen MR) is 66.5 cm³/mol. The summed E-state index contributed by atoms with van der Waals surface area (Å²) in [4.78, 5) is 11.2. The van der Waals surface area contributed by atoms with Gasteiger partial charge in [0.05, 0.1) is 0 Å². The number of hydrogen-bond acceptors (Lipinski definition) is 1. The molecule has 0 fully saturated rings. The van der Waals surface area contributed by atoms with E-state index in [9.17, 15) is 4.79 Å². The van der Waals surface area contributed by atoms with Gasteiger partial charge >= 0.3 is 6.03 Å². The summed E-state index contributed by atoms with van der Waals surface area (Å²) in [5, 5.41) is 5.49. The number of carbonyl (C=O) groups excluding carboxylic acids is 1. The molecule has 4 heteroatoms. The van der Waals surface area contributed by atoms with Crippen LogP contribution in [0.3, 0.4) is 0 Å². The van der Waals surface area contributed by atoms with Gasteiger partial charge in [-0.1, -0.05) is 6.92 Å². The van der Waals surface area contributed by atoms with E-state index in [-0.39, 0.29) is 6.03 Å². The molecular weight excluding hydrogens is 291 g/mol. The van der Waals surface area contributed by atoms with E-state index < -0.39 is 0 Å². The summed E-state index contributed by atoms with van der Waals surface area (Å²) in [6.07, 6.45) is 0.945. The number of benzene rings is 1. The summed E-state index contributed by atoms with van der Waals surface area (Å²) in [5.41, 5.74) is 0.819. The van der Waals surface area contributed by atoms with Crippen LogP contribution in [0.15, 0.2) is 24.3 Å². The van der Waals surface area contributed by atoms with E-state index in [0.29, 0.717) is 6.54 Å². The van der Waals surface area contributed by atoms with E-state index in [4.69, 9.17) is 0 Å². The number of halogens is 1. The minimum absolute atomic E-state index is 0.145. The molecule has 1 rings (SSSR count). The number of carbonyl (C=O) groups is 1. The van der Waals surface area contributed by atoms with Gasteiger partial charge in [-0.15, -0.1) is 0 Å². The summed E-state index contributed by atoms with van der Waals surface area (Å²) in [6, 6.07) is 7.53. The Balaban J connectivity index is 2.44. The second-order valence-corrected chi connectivity index (χ2v) is 4.13. The van der Waals surface area contributed by atoms with Gasteiger partial charge in [0, 0.05) is 15.8 Å². The van der Waals surface area contributed by atoms with Crippen LogP contribution >= 0.6 is 22.6 Å². The van der Waals surface area contributed by atoms with Gasteiger partial charge in [0.25, 0.3) is 0 Å². The average Bonchev–Trinajstić information content (AvgIpc) is 2.18. The van der Waals surface area contributed by atoms with Crippen LogP contribution in [0.2, 0.25) is 0 Å². The van der Waals surface area contributed by atoms with Gasteiger partial charge in [0.2, 0.25) is 0 Å². The Bertz CT molecular complexity index is 297. The van der Waals surface area contributed by atoms with E-state index in [0.717, 1.165) is 15.7 Å². The van der Waals surface area contributed by atoms with Crippen LogP contribution in [-0.4, -0.2) is 12.6 Å². The molecule has 76 valence electrons. The van der Waals surface area contributed by atoms with Crippen molar-refractivity contribution in [1.82, 2.24) is 5.32 Å². The second kappa shape index (κ2) is 5.85. The molecule has 2 N–H and O–H groups in total. The van der Waals surface area contributed by atoms with Crippen LogP contribution in [0, 0.1) is 3.57 Å². The van der Waals surface area contributed by atoms with Crippen molar-refractivity contribution in [3.05, 3.63) is 27.8 Å². The SMILES string of the molecule is CCCNC(=O)Nc1ccc(I)cc1. The third kappa shape index (κ3) is 3.95. The standard InChI is InChI=1S/C10H13IN2O/c1-2-7-12-10(14)13-9-5-3-8(11)4-6-9/h3-6H,2,7H2,1H3,(H2,12,13,14). The van der Waals surface area contributed by atoms with Crippen molar-refractivity contribution >= 4 is 34.3 Å². The van der Waals surface area contributed by atoms with Crippen molar-refractivity contribution in [1.29, 1.82) is 0 Å². The van der Waals surface area contributed by atoms with Crippen LogP contribution in [0.25, 0.3) is 0 Å². The fraction of sp³-hybridized carbons (Fsp3) is 0.300. The van der Waals surface area contributed by atoms with Gasteiger partial charge in [-0.2, -0.15) is 0 Å². The Labute approximate surface area is 97.4 Å². The minimum atomic E-state index is -0.145. The fourth-order valence-corrected chi connectivity index (χ4v) is 1.31. The highest BCUT2D eigenvalue weighted by Gasteiger charge is 1.98. The molecule has 0 saturated carbocycles. The average molecular weight is 304 g/mol. The molecule has 1 aromatic carbocycles. The maximum atomic E-state index is 11.2. The lowest BCUT2D eigenvalue weighted by Crippen LogP contribution is -2.29. The monoisotopic (exact) mass is 304 g/mol. The first kappa shape index (κ1) is 11.3. The molecular formula is C10H13IN2O. The van der Waals surface area contributed by atoms with E-state index in [1.54, 1.807) is 0 Å². The van der Waals surface area contributed by atoms with Crippen molar-refractivity contribution in [2.45, 2.75) is 13.3 Å². The van der Waals surface area contributed by atoms with Crippen LogP contribution in [0.5, 0.6) is 0 Å². The summed E-state index contributed by atoms with van der Waals surface area (Å²) in [7, 11) is 0. The Morgan fingerprint density at radius 1 is 1.36 bits per heavy atom. The second-order valence-electron chi connectivity index (χ2n) is 2.89. The lowest BCUT2D eigenvalue weighted by molar-refractivity contribution is 0.252. The molecule has 0 heterocycles. The summed E-state index contributed by atoms with van der Waals surface area (Å²) in [6.45, 7) is 2.72. The largest absolute Gasteiger partial charge is 0.338 e. The quantitative estimate of drug-likeness (QED) is 0.828. The normalized spacial score (nSPS) is 9.57. The minimum Gasteiger partial charge on any atom is -0.338 e. The molecule has 0 unspecified atom stereocenters. The summed E-state index contributed by atoms with van der Waals surface area (Å²) in [5.74, 6) is 0. The number of hydrogen-bond donors (Lipinski definition) is 2. The third-order valence-electron chi connectivity index (χ3n) is 1.64. The third-order valence-corrected chi connectivity index (χ3v) is 2.36. The molecule has 14 heavy (non-hydrogen) atoms. The van der Waals surface area contributed by atoms with Crippen LogP contribution in [-0.2, 0) is 0 Å². The molecule has 0 bridgehead atoms. The van der Waals surface area contributed by atoms with Gasteiger partial charge in [0.15, 0.2) is 0 Å². The lowest BCUT2D eigenvalue weighted by atomic mass is 10.3. The first-order valence-electron chi connectivity index (χ1n) is 4.53. The molecule has 0 aliphatic heterocycles. The zero-order valence-corrected chi connectivity index (χ0v) is 10.2. The van der Waals surface area contributed by atoms with Crippen molar-refractivity contribution in [3.8, 4) is 0 Å². The number of urea groups is 1. The molecule has 1 aromatic rings.